The monoisotopic (exact) mass is 301 g/mol. The summed E-state index contributed by atoms with van der Waals surface area (Å²) in [4.78, 5) is 13.9. The van der Waals surface area contributed by atoms with Crippen LogP contribution in [0.25, 0.3) is 0 Å². The second kappa shape index (κ2) is 6.15. The van der Waals surface area contributed by atoms with Crippen LogP contribution in [0, 0.1) is 5.82 Å². The van der Waals surface area contributed by atoms with Crippen LogP contribution in [-0.4, -0.2) is 24.2 Å². The van der Waals surface area contributed by atoms with E-state index in [9.17, 15) is 14.3 Å². The quantitative estimate of drug-likeness (QED) is 0.948. The molecule has 1 aliphatic rings. The zero-order valence-electron chi connectivity index (χ0n) is 11.9. The molecule has 1 aliphatic heterocycles. The average molecular weight is 301 g/mol. The van der Waals surface area contributed by atoms with Gasteiger partial charge in [-0.15, -0.1) is 0 Å². The lowest BCUT2D eigenvalue weighted by molar-refractivity contribution is -0.120. The maximum atomic E-state index is 13.3. The Hall–Kier alpha value is -2.40. The molecule has 1 N–H and O–H groups in total. The van der Waals surface area contributed by atoms with Crippen molar-refractivity contribution < 1.29 is 19.0 Å². The third-order valence-electron chi connectivity index (χ3n) is 3.67. The maximum absolute atomic E-state index is 13.3. The molecule has 0 bridgehead atoms. The summed E-state index contributed by atoms with van der Waals surface area (Å²) in [7, 11) is 0. The number of aliphatic hydroxyl groups excluding tert-OH is 1. The van der Waals surface area contributed by atoms with Crippen molar-refractivity contribution in [2.45, 2.75) is 12.5 Å². The fourth-order valence-corrected chi connectivity index (χ4v) is 2.56. The summed E-state index contributed by atoms with van der Waals surface area (Å²) in [6.07, 6.45) is -0.363. The number of nitrogens with zero attached hydrogens (tertiary/aromatic N) is 1. The van der Waals surface area contributed by atoms with Gasteiger partial charge in [-0.3, -0.25) is 4.79 Å². The predicted molar refractivity (Wildman–Crippen MR) is 80.3 cm³/mol. The Balaban J connectivity index is 1.75. The number of anilines is 1. The van der Waals surface area contributed by atoms with Crippen LogP contribution in [0.15, 0.2) is 48.5 Å². The summed E-state index contributed by atoms with van der Waals surface area (Å²) in [5.74, 6) is -0.0246. The molecule has 0 aromatic heterocycles. The van der Waals surface area contributed by atoms with E-state index in [1.165, 1.54) is 23.1 Å². The number of halogens is 1. The van der Waals surface area contributed by atoms with Gasteiger partial charge < -0.3 is 14.7 Å². The zero-order chi connectivity index (χ0) is 15.5. The highest BCUT2D eigenvalue weighted by Gasteiger charge is 2.28. The number of hydrogen-bond acceptors (Lipinski definition) is 3. The molecule has 0 spiro atoms. The SMILES string of the molecule is O=C(COc1ccccc1)N1CCC(O)c2cc(F)ccc21. The van der Waals surface area contributed by atoms with Crippen molar-refractivity contribution in [3.63, 3.8) is 0 Å². The number of aliphatic hydroxyl groups is 1. The minimum Gasteiger partial charge on any atom is -0.484 e. The van der Waals surface area contributed by atoms with Crippen molar-refractivity contribution in [1.29, 1.82) is 0 Å². The van der Waals surface area contributed by atoms with E-state index in [1.54, 1.807) is 12.1 Å². The summed E-state index contributed by atoms with van der Waals surface area (Å²) >= 11 is 0. The molecule has 114 valence electrons. The molecule has 1 heterocycles. The highest BCUT2D eigenvalue weighted by Crippen LogP contribution is 2.34. The third kappa shape index (κ3) is 2.94. The van der Waals surface area contributed by atoms with E-state index < -0.39 is 11.9 Å². The number of carbonyl (C=O) groups is 1. The zero-order valence-corrected chi connectivity index (χ0v) is 11.9. The fourth-order valence-electron chi connectivity index (χ4n) is 2.56. The molecule has 1 atom stereocenters. The largest absolute Gasteiger partial charge is 0.484 e. The Morgan fingerprint density at radius 1 is 1.27 bits per heavy atom. The fraction of sp³-hybridized carbons (Fsp3) is 0.235. The van der Waals surface area contributed by atoms with Crippen molar-refractivity contribution in [1.82, 2.24) is 0 Å². The Morgan fingerprint density at radius 2 is 2.05 bits per heavy atom. The van der Waals surface area contributed by atoms with Crippen LogP contribution in [0.4, 0.5) is 10.1 Å². The van der Waals surface area contributed by atoms with E-state index >= 15 is 0 Å². The lowest BCUT2D eigenvalue weighted by Crippen LogP contribution is -2.39. The van der Waals surface area contributed by atoms with Gasteiger partial charge in [0.15, 0.2) is 6.61 Å². The minimum atomic E-state index is -0.746. The lowest BCUT2D eigenvalue weighted by atomic mass is 9.98. The standard InChI is InChI=1S/C17H16FNO3/c18-12-6-7-15-14(10-12)16(20)8-9-19(15)17(21)11-22-13-4-2-1-3-5-13/h1-7,10,16,20H,8-9,11H2. The molecule has 22 heavy (non-hydrogen) atoms. The number of rotatable bonds is 3. The molecule has 0 aliphatic carbocycles. The number of benzene rings is 2. The normalized spacial score (nSPS) is 17.0. The van der Waals surface area contributed by atoms with E-state index in [1.807, 2.05) is 18.2 Å². The third-order valence-corrected chi connectivity index (χ3v) is 3.67. The Labute approximate surface area is 127 Å². The van der Waals surface area contributed by atoms with Crippen LogP contribution in [0.2, 0.25) is 0 Å². The summed E-state index contributed by atoms with van der Waals surface area (Å²) in [6, 6.07) is 13.2. The maximum Gasteiger partial charge on any atom is 0.264 e. The molecule has 0 radical (unpaired) electrons. The second-order valence-corrected chi connectivity index (χ2v) is 5.15. The van der Waals surface area contributed by atoms with Gasteiger partial charge in [0.1, 0.15) is 11.6 Å². The summed E-state index contributed by atoms with van der Waals surface area (Å²) < 4.78 is 18.8. The smallest absolute Gasteiger partial charge is 0.264 e. The first kappa shape index (κ1) is 14.5. The van der Waals surface area contributed by atoms with E-state index in [4.69, 9.17) is 4.74 Å². The second-order valence-electron chi connectivity index (χ2n) is 5.15. The Kier molecular flexibility index (Phi) is 4.06. The molecule has 1 amide bonds. The van der Waals surface area contributed by atoms with Gasteiger partial charge in [0, 0.05) is 17.8 Å². The first-order valence-corrected chi connectivity index (χ1v) is 7.11. The topological polar surface area (TPSA) is 49.8 Å². The van der Waals surface area contributed by atoms with Gasteiger partial charge in [-0.25, -0.2) is 4.39 Å². The highest BCUT2D eigenvalue weighted by atomic mass is 19.1. The number of fused-ring (bicyclic) bond motifs is 1. The van der Waals surface area contributed by atoms with E-state index in [2.05, 4.69) is 0 Å². The molecular weight excluding hydrogens is 285 g/mol. The van der Waals surface area contributed by atoms with Gasteiger partial charge in [0.05, 0.1) is 6.10 Å². The number of amides is 1. The van der Waals surface area contributed by atoms with Gasteiger partial charge in [0.2, 0.25) is 0 Å². The summed E-state index contributed by atoms with van der Waals surface area (Å²) in [5, 5.41) is 9.96. The van der Waals surface area contributed by atoms with Gasteiger partial charge in [-0.2, -0.15) is 0 Å². The molecule has 4 nitrogen and oxygen atoms in total. The van der Waals surface area contributed by atoms with Gasteiger partial charge in [-0.1, -0.05) is 18.2 Å². The first-order valence-electron chi connectivity index (χ1n) is 7.11. The lowest BCUT2D eigenvalue weighted by Gasteiger charge is -2.32. The first-order chi connectivity index (χ1) is 10.6. The van der Waals surface area contributed by atoms with E-state index in [0.29, 0.717) is 30.0 Å². The number of ether oxygens (including phenoxy) is 1. The number of hydrogen-bond donors (Lipinski definition) is 1. The van der Waals surface area contributed by atoms with Crippen molar-refractivity contribution in [3.8, 4) is 5.75 Å². The van der Waals surface area contributed by atoms with Crippen molar-refractivity contribution >= 4 is 11.6 Å². The number of carbonyl (C=O) groups excluding carboxylic acids is 1. The summed E-state index contributed by atoms with van der Waals surface area (Å²) in [5.41, 5.74) is 0.987. The molecule has 2 aromatic carbocycles. The van der Waals surface area contributed by atoms with Gasteiger partial charge in [0.25, 0.3) is 5.91 Å². The van der Waals surface area contributed by atoms with Crippen LogP contribution < -0.4 is 9.64 Å². The summed E-state index contributed by atoms with van der Waals surface area (Å²) in [6.45, 7) is 0.285. The molecule has 1 unspecified atom stereocenters. The average Bonchev–Trinajstić information content (AvgIpc) is 2.54. The van der Waals surface area contributed by atoms with Gasteiger partial charge in [-0.05, 0) is 36.8 Å². The molecule has 5 heteroatoms. The van der Waals surface area contributed by atoms with Gasteiger partial charge >= 0.3 is 0 Å². The van der Waals surface area contributed by atoms with Crippen LogP contribution in [0.1, 0.15) is 18.1 Å². The molecule has 2 aromatic rings. The Morgan fingerprint density at radius 3 is 2.82 bits per heavy atom. The van der Waals surface area contributed by atoms with Crippen molar-refractivity contribution in [2.24, 2.45) is 0 Å². The number of para-hydroxylation sites is 1. The van der Waals surface area contributed by atoms with Crippen LogP contribution >= 0.6 is 0 Å². The van der Waals surface area contributed by atoms with E-state index in [-0.39, 0.29) is 12.5 Å². The highest BCUT2D eigenvalue weighted by molar-refractivity contribution is 5.95. The van der Waals surface area contributed by atoms with Crippen LogP contribution in [-0.2, 0) is 4.79 Å². The molecule has 0 fully saturated rings. The molecule has 3 rings (SSSR count). The molecule has 0 saturated carbocycles. The van der Waals surface area contributed by atoms with Crippen molar-refractivity contribution in [3.05, 3.63) is 59.9 Å². The van der Waals surface area contributed by atoms with Crippen molar-refractivity contribution in [2.75, 3.05) is 18.1 Å². The van der Waals surface area contributed by atoms with Crippen LogP contribution in [0.5, 0.6) is 5.75 Å². The Bertz CT molecular complexity index is 675. The minimum absolute atomic E-state index is 0.100. The molecular formula is C17H16FNO3. The van der Waals surface area contributed by atoms with Crippen LogP contribution in [0.3, 0.4) is 0 Å². The van der Waals surface area contributed by atoms with E-state index in [0.717, 1.165) is 0 Å². The molecule has 0 saturated heterocycles. The predicted octanol–water partition coefficient (Wildman–Crippen LogP) is 2.67.